The summed E-state index contributed by atoms with van der Waals surface area (Å²) < 4.78 is 0. The van der Waals surface area contributed by atoms with Crippen molar-refractivity contribution < 1.29 is 0 Å². The van der Waals surface area contributed by atoms with E-state index in [0.29, 0.717) is 0 Å². The Morgan fingerprint density at radius 3 is 2.29 bits per heavy atom. The second-order valence-electron chi connectivity index (χ2n) is 5.56. The first kappa shape index (κ1) is 14.2. The summed E-state index contributed by atoms with van der Waals surface area (Å²) in [4.78, 5) is 0. The third-order valence-corrected chi connectivity index (χ3v) is 3.30. The molecule has 17 heavy (non-hydrogen) atoms. The van der Waals surface area contributed by atoms with Gasteiger partial charge in [0.1, 0.15) is 0 Å². The molecule has 0 aliphatic rings. The summed E-state index contributed by atoms with van der Waals surface area (Å²) in [5.74, 6) is 0.748. The largest absolute Gasteiger partial charge is 0.316 e. The highest BCUT2D eigenvalue weighted by Gasteiger charge is 2.01. The van der Waals surface area contributed by atoms with Gasteiger partial charge in [-0.2, -0.15) is 0 Å². The van der Waals surface area contributed by atoms with Crippen molar-refractivity contribution in [2.45, 2.75) is 47.5 Å². The van der Waals surface area contributed by atoms with Crippen LogP contribution in [0.15, 0.2) is 12.1 Å². The van der Waals surface area contributed by atoms with Crippen LogP contribution in [0.1, 0.15) is 42.5 Å². The van der Waals surface area contributed by atoms with E-state index in [1.54, 1.807) is 0 Å². The Labute approximate surface area is 107 Å². The zero-order valence-electron chi connectivity index (χ0n) is 12.1. The molecular weight excluding hydrogens is 206 g/mol. The quantitative estimate of drug-likeness (QED) is 0.737. The first-order chi connectivity index (χ1) is 8.00. The summed E-state index contributed by atoms with van der Waals surface area (Å²) in [5.41, 5.74) is 5.78. The van der Waals surface area contributed by atoms with Crippen LogP contribution in [0, 0.1) is 26.7 Å². The van der Waals surface area contributed by atoms with E-state index in [9.17, 15) is 0 Å². The zero-order valence-corrected chi connectivity index (χ0v) is 12.1. The molecule has 0 bridgehead atoms. The Hall–Kier alpha value is -0.820. The second-order valence-corrected chi connectivity index (χ2v) is 5.56. The normalized spacial score (nSPS) is 11.2. The fourth-order valence-electron chi connectivity index (χ4n) is 2.08. The highest BCUT2D eigenvalue weighted by Crippen LogP contribution is 2.16. The minimum Gasteiger partial charge on any atom is -0.316 e. The van der Waals surface area contributed by atoms with Gasteiger partial charge >= 0.3 is 0 Å². The monoisotopic (exact) mass is 233 g/mol. The highest BCUT2D eigenvalue weighted by molar-refractivity contribution is 5.36. The lowest BCUT2D eigenvalue weighted by Crippen LogP contribution is -2.21. The van der Waals surface area contributed by atoms with Gasteiger partial charge in [0.25, 0.3) is 0 Å². The van der Waals surface area contributed by atoms with Crippen LogP contribution < -0.4 is 5.32 Å². The van der Waals surface area contributed by atoms with E-state index in [2.05, 4.69) is 52.1 Å². The van der Waals surface area contributed by atoms with Crippen molar-refractivity contribution in [2.24, 2.45) is 5.92 Å². The lowest BCUT2D eigenvalue weighted by atomic mass is 9.98. The van der Waals surface area contributed by atoms with Crippen molar-refractivity contribution >= 4 is 0 Å². The van der Waals surface area contributed by atoms with Gasteiger partial charge in [-0.05, 0) is 74.9 Å². The minimum atomic E-state index is 0.748. The maximum absolute atomic E-state index is 3.50. The molecule has 0 saturated heterocycles. The Bertz CT molecular complexity index is 353. The lowest BCUT2D eigenvalue weighted by molar-refractivity contribution is 0.543. The molecule has 1 heteroatoms. The molecule has 1 rings (SSSR count). The van der Waals surface area contributed by atoms with Crippen LogP contribution in [-0.4, -0.2) is 13.1 Å². The average Bonchev–Trinajstić information content (AvgIpc) is 2.24. The van der Waals surface area contributed by atoms with Crippen molar-refractivity contribution in [1.29, 1.82) is 0 Å². The number of nitrogens with one attached hydrogen (secondary N) is 1. The summed E-state index contributed by atoms with van der Waals surface area (Å²) in [6, 6.07) is 4.67. The Kier molecular flexibility index (Phi) is 5.70. The van der Waals surface area contributed by atoms with E-state index in [-0.39, 0.29) is 0 Å². The summed E-state index contributed by atoms with van der Waals surface area (Å²) in [6.45, 7) is 13.4. The van der Waals surface area contributed by atoms with Crippen molar-refractivity contribution in [3.63, 3.8) is 0 Å². The molecule has 0 fully saturated rings. The highest BCUT2D eigenvalue weighted by atomic mass is 14.8. The van der Waals surface area contributed by atoms with E-state index in [4.69, 9.17) is 0 Å². The van der Waals surface area contributed by atoms with E-state index < -0.39 is 0 Å². The average molecular weight is 233 g/mol. The summed E-state index contributed by atoms with van der Waals surface area (Å²) in [5, 5.41) is 3.50. The molecule has 0 saturated carbocycles. The van der Waals surface area contributed by atoms with Crippen LogP contribution in [-0.2, 0) is 6.42 Å². The Morgan fingerprint density at radius 2 is 1.65 bits per heavy atom. The third-order valence-electron chi connectivity index (χ3n) is 3.30. The van der Waals surface area contributed by atoms with Crippen molar-refractivity contribution in [3.8, 4) is 0 Å². The Balaban J connectivity index is 2.39. The van der Waals surface area contributed by atoms with Gasteiger partial charge < -0.3 is 5.32 Å². The smallest absolute Gasteiger partial charge is 0.00258 e. The minimum absolute atomic E-state index is 0.748. The number of aryl methyl sites for hydroxylation is 4. The molecule has 1 N–H and O–H groups in total. The number of benzene rings is 1. The van der Waals surface area contributed by atoms with Crippen molar-refractivity contribution in [3.05, 3.63) is 34.4 Å². The molecule has 0 radical (unpaired) electrons. The lowest BCUT2D eigenvalue weighted by Gasteiger charge is -2.11. The third kappa shape index (κ3) is 4.91. The zero-order chi connectivity index (χ0) is 12.8. The van der Waals surface area contributed by atoms with E-state index in [1.165, 1.54) is 35.1 Å². The van der Waals surface area contributed by atoms with Gasteiger partial charge in [-0.25, -0.2) is 0 Å². The van der Waals surface area contributed by atoms with Gasteiger partial charge in [0, 0.05) is 0 Å². The standard InChI is InChI=1S/C16H27N/c1-12(2)11-17-8-6-7-16-10-14(4)13(3)9-15(16)5/h9-10,12,17H,6-8,11H2,1-5H3. The molecule has 1 nitrogen and oxygen atoms in total. The number of rotatable bonds is 6. The number of hydrogen-bond acceptors (Lipinski definition) is 1. The molecule has 1 aromatic rings. The fourth-order valence-corrected chi connectivity index (χ4v) is 2.08. The van der Waals surface area contributed by atoms with Crippen LogP contribution in [0.3, 0.4) is 0 Å². The maximum Gasteiger partial charge on any atom is -0.00258 e. The molecule has 0 amide bonds. The van der Waals surface area contributed by atoms with Crippen LogP contribution >= 0.6 is 0 Å². The first-order valence-corrected chi connectivity index (χ1v) is 6.78. The van der Waals surface area contributed by atoms with E-state index in [0.717, 1.165) is 19.0 Å². The molecule has 0 aliphatic heterocycles. The molecule has 0 aliphatic carbocycles. The molecule has 0 aromatic heterocycles. The first-order valence-electron chi connectivity index (χ1n) is 6.78. The molecule has 0 atom stereocenters. The summed E-state index contributed by atoms with van der Waals surface area (Å²) >= 11 is 0. The topological polar surface area (TPSA) is 12.0 Å². The van der Waals surface area contributed by atoms with Gasteiger partial charge in [-0.3, -0.25) is 0 Å². The molecule has 0 heterocycles. The van der Waals surface area contributed by atoms with Crippen LogP contribution in [0.4, 0.5) is 0 Å². The predicted molar refractivity (Wildman–Crippen MR) is 76.7 cm³/mol. The SMILES string of the molecule is Cc1cc(C)c(CCCNCC(C)C)cc1C. The fraction of sp³-hybridized carbons (Fsp3) is 0.625. The van der Waals surface area contributed by atoms with E-state index >= 15 is 0 Å². The predicted octanol–water partition coefficient (Wildman–Crippen LogP) is 3.79. The summed E-state index contributed by atoms with van der Waals surface area (Å²) in [6.07, 6.45) is 2.42. The molecular formula is C16H27N. The molecule has 1 aromatic carbocycles. The molecule has 0 unspecified atom stereocenters. The van der Waals surface area contributed by atoms with Gasteiger partial charge in [-0.15, -0.1) is 0 Å². The number of hydrogen-bond donors (Lipinski definition) is 1. The summed E-state index contributed by atoms with van der Waals surface area (Å²) in [7, 11) is 0. The van der Waals surface area contributed by atoms with Gasteiger partial charge in [0.15, 0.2) is 0 Å². The second kappa shape index (κ2) is 6.80. The van der Waals surface area contributed by atoms with Gasteiger partial charge in [-0.1, -0.05) is 26.0 Å². The van der Waals surface area contributed by atoms with Crippen LogP contribution in [0.5, 0.6) is 0 Å². The van der Waals surface area contributed by atoms with Crippen LogP contribution in [0.25, 0.3) is 0 Å². The van der Waals surface area contributed by atoms with Crippen molar-refractivity contribution in [2.75, 3.05) is 13.1 Å². The Morgan fingerprint density at radius 1 is 1.00 bits per heavy atom. The van der Waals surface area contributed by atoms with Crippen molar-refractivity contribution in [1.82, 2.24) is 5.32 Å². The van der Waals surface area contributed by atoms with Crippen LogP contribution in [0.2, 0.25) is 0 Å². The molecule has 0 spiro atoms. The van der Waals surface area contributed by atoms with Gasteiger partial charge in [0.05, 0.1) is 0 Å². The maximum atomic E-state index is 3.50. The van der Waals surface area contributed by atoms with E-state index in [1.807, 2.05) is 0 Å². The van der Waals surface area contributed by atoms with Gasteiger partial charge in [0.2, 0.25) is 0 Å². The molecule has 96 valence electrons.